The minimum Gasteiger partial charge on any atom is -0.339 e. The highest BCUT2D eigenvalue weighted by Crippen LogP contribution is 2.29. The van der Waals surface area contributed by atoms with E-state index in [2.05, 4.69) is 47.5 Å². The van der Waals surface area contributed by atoms with Gasteiger partial charge in [0.05, 0.1) is 5.92 Å². The lowest BCUT2D eigenvalue weighted by Gasteiger charge is -2.33. The van der Waals surface area contributed by atoms with Gasteiger partial charge in [-0.25, -0.2) is 0 Å². The molecule has 1 amide bonds. The summed E-state index contributed by atoms with van der Waals surface area (Å²) < 4.78 is 0. The molecule has 3 heteroatoms. The maximum Gasteiger partial charge on any atom is 0.228 e. The van der Waals surface area contributed by atoms with Gasteiger partial charge in [-0.05, 0) is 31.2 Å². The Bertz CT molecular complexity index is 441. The van der Waals surface area contributed by atoms with Crippen LogP contribution in [0, 0.1) is 11.8 Å². The lowest BCUT2D eigenvalue weighted by Crippen LogP contribution is -2.53. The zero-order valence-electron chi connectivity index (χ0n) is 11.5. The number of rotatable bonds is 3. The minimum absolute atomic E-state index is 0.234. The largest absolute Gasteiger partial charge is 0.339 e. The number of benzene rings is 1. The lowest BCUT2D eigenvalue weighted by molar-refractivity contribution is -0.137. The van der Waals surface area contributed by atoms with Gasteiger partial charge in [0.15, 0.2) is 0 Å². The summed E-state index contributed by atoms with van der Waals surface area (Å²) in [4.78, 5) is 14.4. The number of likely N-dealkylation sites (tertiary alicyclic amines) is 1. The molecule has 1 aromatic rings. The molecule has 2 atom stereocenters. The van der Waals surface area contributed by atoms with E-state index in [1.807, 2.05) is 0 Å². The Labute approximate surface area is 115 Å². The summed E-state index contributed by atoms with van der Waals surface area (Å²) in [5.74, 6) is 1.21. The van der Waals surface area contributed by atoms with E-state index in [4.69, 9.17) is 0 Å². The number of hydrogen-bond acceptors (Lipinski definition) is 2. The van der Waals surface area contributed by atoms with Crippen LogP contribution in [0.2, 0.25) is 0 Å². The van der Waals surface area contributed by atoms with Gasteiger partial charge in [0.25, 0.3) is 0 Å². The van der Waals surface area contributed by atoms with E-state index in [1.165, 1.54) is 5.56 Å². The van der Waals surface area contributed by atoms with Gasteiger partial charge in [0.1, 0.15) is 0 Å². The summed E-state index contributed by atoms with van der Waals surface area (Å²) in [6, 6.07) is 11.0. The van der Waals surface area contributed by atoms with Crippen molar-refractivity contribution in [2.45, 2.75) is 25.8 Å². The molecular weight excluding hydrogens is 236 g/mol. The van der Waals surface area contributed by atoms with Crippen molar-refractivity contribution in [3.05, 3.63) is 35.9 Å². The van der Waals surface area contributed by atoms with Crippen LogP contribution in [-0.2, 0) is 11.2 Å². The van der Waals surface area contributed by atoms with Gasteiger partial charge >= 0.3 is 0 Å². The molecule has 19 heavy (non-hydrogen) atoms. The van der Waals surface area contributed by atoms with E-state index in [0.717, 1.165) is 32.5 Å². The van der Waals surface area contributed by atoms with Crippen LogP contribution in [-0.4, -0.2) is 36.5 Å². The fraction of sp³-hybridized carbons (Fsp3) is 0.562. The molecule has 0 saturated carbocycles. The second kappa shape index (κ2) is 5.33. The monoisotopic (exact) mass is 258 g/mol. The smallest absolute Gasteiger partial charge is 0.228 e. The Kier molecular flexibility index (Phi) is 3.56. The maximum atomic E-state index is 12.3. The molecule has 2 saturated heterocycles. The van der Waals surface area contributed by atoms with Crippen molar-refractivity contribution in [2.24, 2.45) is 11.8 Å². The van der Waals surface area contributed by atoms with Gasteiger partial charge < -0.3 is 10.2 Å². The summed E-state index contributed by atoms with van der Waals surface area (Å²) in [7, 11) is 0. The number of carbonyl (C=O) groups is 1. The molecule has 0 bridgehead atoms. The highest BCUT2D eigenvalue weighted by atomic mass is 16.2. The molecule has 0 aliphatic carbocycles. The van der Waals surface area contributed by atoms with Crippen LogP contribution in [0.5, 0.6) is 0 Å². The molecule has 0 spiro atoms. The second-order valence-electron chi connectivity index (χ2n) is 5.87. The summed E-state index contributed by atoms with van der Waals surface area (Å²) >= 11 is 0. The zero-order chi connectivity index (χ0) is 13.2. The molecule has 1 N–H and O–H groups in total. The van der Waals surface area contributed by atoms with Crippen LogP contribution in [0.25, 0.3) is 0 Å². The highest BCUT2D eigenvalue weighted by Gasteiger charge is 2.38. The predicted octanol–water partition coefficient (Wildman–Crippen LogP) is 1.69. The Morgan fingerprint density at radius 2 is 2.05 bits per heavy atom. The Morgan fingerprint density at radius 3 is 2.68 bits per heavy atom. The Morgan fingerprint density at radius 1 is 1.32 bits per heavy atom. The molecule has 0 radical (unpaired) electrons. The van der Waals surface area contributed by atoms with Crippen molar-refractivity contribution < 1.29 is 4.79 Å². The van der Waals surface area contributed by atoms with Crippen molar-refractivity contribution in [1.82, 2.24) is 10.2 Å². The van der Waals surface area contributed by atoms with Crippen molar-refractivity contribution in [3.8, 4) is 0 Å². The third kappa shape index (κ3) is 2.52. The van der Waals surface area contributed by atoms with E-state index in [0.29, 0.717) is 17.9 Å². The van der Waals surface area contributed by atoms with Crippen molar-refractivity contribution in [1.29, 1.82) is 0 Å². The maximum absolute atomic E-state index is 12.3. The van der Waals surface area contributed by atoms with E-state index in [9.17, 15) is 4.79 Å². The summed E-state index contributed by atoms with van der Waals surface area (Å²) in [5, 5.41) is 3.18. The van der Waals surface area contributed by atoms with Crippen molar-refractivity contribution in [3.63, 3.8) is 0 Å². The minimum atomic E-state index is 0.234. The molecule has 2 heterocycles. The van der Waals surface area contributed by atoms with Crippen LogP contribution in [0.1, 0.15) is 18.9 Å². The number of nitrogens with one attached hydrogen (secondary N) is 1. The predicted molar refractivity (Wildman–Crippen MR) is 75.8 cm³/mol. The third-order valence-electron chi connectivity index (χ3n) is 4.67. The quantitative estimate of drug-likeness (QED) is 0.895. The second-order valence-corrected chi connectivity index (χ2v) is 5.87. The number of nitrogens with zero attached hydrogens (tertiary/aromatic N) is 1. The fourth-order valence-corrected chi connectivity index (χ4v) is 3.20. The SMILES string of the molecule is CC1C(Cc2ccccc2)CCN1C(=O)C1CNC1. The fourth-order valence-electron chi connectivity index (χ4n) is 3.20. The molecule has 1 aromatic carbocycles. The van der Waals surface area contributed by atoms with Gasteiger partial charge in [-0.3, -0.25) is 4.79 Å². The molecule has 3 nitrogen and oxygen atoms in total. The first kappa shape index (κ1) is 12.7. The van der Waals surface area contributed by atoms with Crippen molar-refractivity contribution >= 4 is 5.91 Å². The molecule has 3 rings (SSSR count). The van der Waals surface area contributed by atoms with Gasteiger partial charge in [-0.2, -0.15) is 0 Å². The average molecular weight is 258 g/mol. The highest BCUT2D eigenvalue weighted by molar-refractivity contribution is 5.80. The molecular formula is C16H22N2O. The third-order valence-corrected chi connectivity index (χ3v) is 4.67. The number of carbonyl (C=O) groups excluding carboxylic acids is 1. The van der Waals surface area contributed by atoms with E-state index in [1.54, 1.807) is 0 Å². The average Bonchev–Trinajstić information content (AvgIpc) is 2.70. The molecule has 0 aromatic heterocycles. The zero-order valence-corrected chi connectivity index (χ0v) is 11.5. The molecule has 2 aliphatic heterocycles. The van der Waals surface area contributed by atoms with Gasteiger partial charge in [0, 0.05) is 25.7 Å². The van der Waals surface area contributed by atoms with Crippen LogP contribution in [0.15, 0.2) is 30.3 Å². The molecule has 2 fully saturated rings. The normalized spacial score (nSPS) is 27.3. The molecule has 102 valence electrons. The van der Waals surface area contributed by atoms with E-state index < -0.39 is 0 Å². The number of amides is 1. The summed E-state index contributed by atoms with van der Waals surface area (Å²) in [6.45, 7) is 4.88. The van der Waals surface area contributed by atoms with Crippen molar-refractivity contribution in [2.75, 3.05) is 19.6 Å². The first-order valence-electron chi connectivity index (χ1n) is 7.31. The first-order valence-corrected chi connectivity index (χ1v) is 7.31. The molecule has 2 aliphatic rings. The lowest BCUT2D eigenvalue weighted by atomic mass is 9.93. The van der Waals surface area contributed by atoms with Gasteiger partial charge in [-0.15, -0.1) is 0 Å². The van der Waals surface area contributed by atoms with Crippen LogP contribution >= 0.6 is 0 Å². The van der Waals surface area contributed by atoms with Crippen LogP contribution in [0.4, 0.5) is 0 Å². The standard InChI is InChI=1S/C16H22N2O/c1-12-14(9-13-5-3-2-4-6-13)7-8-18(12)16(19)15-10-17-11-15/h2-6,12,14-15,17H,7-11H2,1H3. The Balaban J connectivity index is 1.61. The van der Waals surface area contributed by atoms with E-state index >= 15 is 0 Å². The van der Waals surface area contributed by atoms with Gasteiger partial charge in [0.2, 0.25) is 5.91 Å². The Hall–Kier alpha value is -1.35. The summed E-state index contributed by atoms with van der Waals surface area (Å²) in [6.07, 6.45) is 2.23. The molecule has 2 unspecified atom stereocenters. The number of hydrogen-bond donors (Lipinski definition) is 1. The van der Waals surface area contributed by atoms with Crippen LogP contribution in [0.3, 0.4) is 0 Å². The van der Waals surface area contributed by atoms with Gasteiger partial charge in [-0.1, -0.05) is 30.3 Å². The first-order chi connectivity index (χ1) is 9.25. The van der Waals surface area contributed by atoms with E-state index in [-0.39, 0.29) is 5.92 Å². The topological polar surface area (TPSA) is 32.3 Å². The van der Waals surface area contributed by atoms with Crippen LogP contribution < -0.4 is 5.32 Å². The summed E-state index contributed by atoms with van der Waals surface area (Å²) in [5.41, 5.74) is 1.39.